The molecule has 17 heavy (non-hydrogen) atoms. The Morgan fingerprint density at radius 3 is 2.53 bits per heavy atom. The molecule has 4 atom stereocenters. The molecular formula is C12H19NO4. The van der Waals surface area contributed by atoms with E-state index in [1.165, 1.54) is 4.90 Å². The van der Waals surface area contributed by atoms with Crippen molar-refractivity contribution < 1.29 is 19.4 Å². The Morgan fingerprint density at radius 2 is 2.06 bits per heavy atom. The third-order valence-corrected chi connectivity index (χ3v) is 3.46. The van der Waals surface area contributed by atoms with Crippen LogP contribution in [-0.2, 0) is 9.53 Å². The van der Waals surface area contributed by atoms with Gasteiger partial charge in [0, 0.05) is 17.9 Å². The summed E-state index contributed by atoms with van der Waals surface area (Å²) < 4.78 is 5.25. The van der Waals surface area contributed by atoms with Crippen molar-refractivity contribution in [2.75, 3.05) is 0 Å². The molecule has 0 radical (unpaired) electrons. The van der Waals surface area contributed by atoms with Crippen molar-refractivity contribution >= 4 is 12.4 Å². The number of amides is 1. The average Bonchev–Trinajstić information content (AvgIpc) is 2.71. The molecule has 0 spiro atoms. The summed E-state index contributed by atoms with van der Waals surface area (Å²) >= 11 is 0. The van der Waals surface area contributed by atoms with Crippen molar-refractivity contribution in [3.8, 4) is 0 Å². The van der Waals surface area contributed by atoms with Gasteiger partial charge in [0.05, 0.1) is 0 Å². The lowest BCUT2D eigenvalue weighted by molar-refractivity contribution is -0.116. The molecule has 4 unspecified atom stereocenters. The largest absolute Gasteiger partial charge is 0.444 e. The Morgan fingerprint density at radius 1 is 1.41 bits per heavy atom. The summed E-state index contributed by atoms with van der Waals surface area (Å²) in [5.41, 5.74) is -0.588. The minimum atomic E-state index is -0.800. The highest BCUT2D eigenvalue weighted by atomic mass is 16.6. The maximum atomic E-state index is 12.0. The van der Waals surface area contributed by atoms with Gasteiger partial charge in [-0.25, -0.2) is 4.79 Å². The van der Waals surface area contributed by atoms with E-state index in [0.29, 0.717) is 12.8 Å². The molecule has 1 aliphatic carbocycles. The summed E-state index contributed by atoms with van der Waals surface area (Å²) in [4.78, 5) is 24.2. The third kappa shape index (κ3) is 2.16. The molecule has 1 saturated carbocycles. The van der Waals surface area contributed by atoms with Crippen LogP contribution in [0.5, 0.6) is 0 Å². The summed E-state index contributed by atoms with van der Waals surface area (Å²) in [5.74, 6) is -0.140. The van der Waals surface area contributed by atoms with Gasteiger partial charge in [0.25, 0.3) is 0 Å². The fourth-order valence-corrected chi connectivity index (χ4v) is 2.78. The van der Waals surface area contributed by atoms with Crippen molar-refractivity contribution in [1.29, 1.82) is 0 Å². The van der Waals surface area contributed by atoms with Gasteiger partial charge in [-0.3, -0.25) is 4.90 Å². The lowest BCUT2D eigenvalue weighted by Gasteiger charge is -2.35. The number of hydrogen-bond acceptors (Lipinski definition) is 4. The van der Waals surface area contributed by atoms with Gasteiger partial charge in [-0.2, -0.15) is 0 Å². The SMILES string of the molecule is CC(C)(C)OC(=O)N1C(O)C2CC(C=O)C1C2. The van der Waals surface area contributed by atoms with Gasteiger partial charge >= 0.3 is 6.09 Å². The van der Waals surface area contributed by atoms with Crippen molar-refractivity contribution in [3.63, 3.8) is 0 Å². The summed E-state index contributed by atoms with van der Waals surface area (Å²) in [6.07, 6.45) is 0.932. The van der Waals surface area contributed by atoms with Crippen LogP contribution < -0.4 is 0 Å². The molecule has 1 saturated heterocycles. The molecule has 5 nitrogen and oxygen atoms in total. The fourth-order valence-electron chi connectivity index (χ4n) is 2.78. The molecule has 96 valence electrons. The number of piperidine rings is 1. The lowest BCUT2D eigenvalue weighted by Crippen LogP contribution is -2.50. The normalized spacial score (nSPS) is 36.1. The number of carbonyl (C=O) groups excluding carboxylic acids is 2. The Bertz CT molecular complexity index is 336. The van der Waals surface area contributed by atoms with Gasteiger partial charge in [-0.05, 0) is 33.6 Å². The second-order valence-corrected chi connectivity index (χ2v) is 5.90. The van der Waals surface area contributed by atoms with E-state index in [-0.39, 0.29) is 17.9 Å². The second-order valence-electron chi connectivity index (χ2n) is 5.90. The van der Waals surface area contributed by atoms with Gasteiger partial charge in [0.2, 0.25) is 0 Å². The van der Waals surface area contributed by atoms with Crippen molar-refractivity contribution in [2.45, 2.75) is 51.5 Å². The monoisotopic (exact) mass is 241 g/mol. The topological polar surface area (TPSA) is 66.8 Å². The van der Waals surface area contributed by atoms with Crippen LogP contribution in [0, 0.1) is 11.8 Å². The van der Waals surface area contributed by atoms with E-state index in [1.54, 1.807) is 20.8 Å². The zero-order valence-electron chi connectivity index (χ0n) is 10.4. The highest BCUT2D eigenvalue weighted by molar-refractivity contribution is 5.71. The van der Waals surface area contributed by atoms with Crippen LogP contribution in [0.25, 0.3) is 0 Å². The Balaban J connectivity index is 2.10. The highest BCUT2D eigenvalue weighted by Gasteiger charge is 2.53. The molecule has 2 fully saturated rings. The first-order chi connectivity index (χ1) is 7.83. The minimum absolute atomic E-state index is 0.0164. The maximum Gasteiger partial charge on any atom is 0.412 e. The summed E-state index contributed by atoms with van der Waals surface area (Å²) in [6, 6.07) is -0.192. The minimum Gasteiger partial charge on any atom is -0.444 e. The number of ether oxygens (including phenoxy) is 1. The van der Waals surface area contributed by atoms with E-state index in [2.05, 4.69) is 0 Å². The van der Waals surface area contributed by atoms with Crippen LogP contribution in [0.15, 0.2) is 0 Å². The number of fused-ring (bicyclic) bond motifs is 2. The van der Waals surface area contributed by atoms with Crippen molar-refractivity contribution in [1.82, 2.24) is 4.90 Å². The molecule has 1 aliphatic heterocycles. The molecular weight excluding hydrogens is 222 g/mol. The quantitative estimate of drug-likeness (QED) is 0.699. The van der Waals surface area contributed by atoms with Crippen LogP contribution in [0.1, 0.15) is 33.6 Å². The maximum absolute atomic E-state index is 12.0. The van der Waals surface area contributed by atoms with Crippen LogP contribution in [0.2, 0.25) is 0 Å². The summed E-state index contributed by atoms with van der Waals surface area (Å²) in [6.45, 7) is 5.34. The summed E-state index contributed by atoms with van der Waals surface area (Å²) in [7, 11) is 0. The second kappa shape index (κ2) is 3.98. The zero-order chi connectivity index (χ0) is 12.8. The number of aldehydes is 1. The molecule has 0 aromatic heterocycles. The Hall–Kier alpha value is -1.10. The molecule has 1 N–H and O–H groups in total. The third-order valence-electron chi connectivity index (χ3n) is 3.46. The standard InChI is InChI=1S/C12H19NO4/c1-12(2,3)17-11(16)13-9-5-7(10(13)15)4-8(9)6-14/h6-10,15H,4-5H2,1-3H3. The predicted octanol–water partition coefficient (Wildman–Crippen LogP) is 1.15. The van der Waals surface area contributed by atoms with Crippen LogP contribution >= 0.6 is 0 Å². The predicted molar refractivity (Wildman–Crippen MR) is 60.1 cm³/mol. The van der Waals surface area contributed by atoms with Gasteiger partial charge in [-0.1, -0.05) is 0 Å². The molecule has 1 heterocycles. The number of rotatable bonds is 1. The Labute approximate surface area is 101 Å². The zero-order valence-corrected chi connectivity index (χ0v) is 10.4. The fraction of sp³-hybridized carbons (Fsp3) is 0.833. The van der Waals surface area contributed by atoms with Gasteiger partial charge in [-0.15, -0.1) is 0 Å². The van der Waals surface area contributed by atoms with Gasteiger partial charge in [0.15, 0.2) is 0 Å². The van der Waals surface area contributed by atoms with Crippen molar-refractivity contribution in [3.05, 3.63) is 0 Å². The van der Waals surface area contributed by atoms with E-state index in [9.17, 15) is 14.7 Å². The van der Waals surface area contributed by atoms with Crippen LogP contribution in [0.4, 0.5) is 4.79 Å². The molecule has 2 rings (SSSR count). The number of aliphatic hydroxyl groups is 1. The summed E-state index contributed by atoms with van der Waals surface area (Å²) in [5, 5.41) is 9.97. The van der Waals surface area contributed by atoms with E-state index < -0.39 is 17.9 Å². The number of hydrogen-bond donors (Lipinski definition) is 1. The number of nitrogens with zero attached hydrogens (tertiary/aromatic N) is 1. The van der Waals surface area contributed by atoms with Crippen LogP contribution in [-0.4, -0.2) is 40.3 Å². The molecule has 5 heteroatoms. The molecule has 0 aromatic carbocycles. The smallest absolute Gasteiger partial charge is 0.412 e. The molecule has 1 amide bonds. The molecule has 2 aliphatic rings. The van der Waals surface area contributed by atoms with Gasteiger partial charge < -0.3 is 14.6 Å². The van der Waals surface area contributed by atoms with Gasteiger partial charge in [0.1, 0.15) is 18.1 Å². The first-order valence-corrected chi connectivity index (χ1v) is 5.98. The van der Waals surface area contributed by atoms with E-state index in [1.807, 2.05) is 0 Å². The molecule has 0 aromatic rings. The lowest BCUT2D eigenvalue weighted by atomic mass is 9.99. The van der Waals surface area contributed by atoms with Crippen LogP contribution in [0.3, 0.4) is 0 Å². The van der Waals surface area contributed by atoms with E-state index in [0.717, 1.165) is 6.29 Å². The number of aliphatic hydroxyl groups excluding tert-OH is 1. The van der Waals surface area contributed by atoms with Crippen molar-refractivity contribution in [2.24, 2.45) is 11.8 Å². The van der Waals surface area contributed by atoms with E-state index in [4.69, 9.17) is 4.74 Å². The Kier molecular flexibility index (Phi) is 2.89. The number of likely N-dealkylation sites (tertiary alicyclic amines) is 1. The first-order valence-electron chi connectivity index (χ1n) is 5.98. The molecule has 2 bridgehead atoms. The highest BCUT2D eigenvalue weighted by Crippen LogP contribution is 2.44. The van der Waals surface area contributed by atoms with E-state index >= 15 is 0 Å². The first kappa shape index (κ1) is 12.4. The number of carbonyl (C=O) groups is 2. The average molecular weight is 241 g/mol.